The smallest absolute Gasteiger partial charge is 0.341 e. The van der Waals surface area contributed by atoms with E-state index in [2.05, 4.69) is 10.3 Å². The summed E-state index contributed by atoms with van der Waals surface area (Å²) in [6.45, 7) is 2.63. The molecule has 2 amide bonds. The van der Waals surface area contributed by atoms with E-state index in [1.54, 1.807) is 6.92 Å². The van der Waals surface area contributed by atoms with E-state index < -0.39 is 18.0 Å². The van der Waals surface area contributed by atoms with Crippen molar-refractivity contribution < 1.29 is 19.1 Å². The van der Waals surface area contributed by atoms with Crippen molar-refractivity contribution in [1.29, 1.82) is 0 Å². The van der Waals surface area contributed by atoms with Crippen LogP contribution in [0.4, 0.5) is 4.79 Å². The Labute approximate surface area is 189 Å². The maximum Gasteiger partial charge on any atom is 0.341 e. The molecule has 2 aromatic carbocycles. The minimum Gasteiger partial charge on any atom is -0.489 e. The van der Waals surface area contributed by atoms with Gasteiger partial charge in [0.25, 0.3) is 0 Å². The third-order valence-corrected chi connectivity index (χ3v) is 6.27. The van der Waals surface area contributed by atoms with Gasteiger partial charge >= 0.3 is 12.0 Å². The van der Waals surface area contributed by atoms with Crippen LogP contribution in [0.25, 0.3) is 0 Å². The van der Waals surface area contributed by atoms with Crippen molar-refractivity contribution in [2.75, 3.05) is 6.61 Å². The fraction of sp³-hybridized carbons (Fsp3) is 0.423. The van der Waals surface area contributed by atoms with Crippen molar-refractivity contribution in [3.05, 3.63) is 65.7 Å². The van der Waals surface area contributed by atoms with Gasteiger partial charge in [0.15, 0.2) is 0 Å². The Morgan fingerprint density at radius 2 is 1.75 bits per heavy atom. The first-order valence-corrected chi connectivity index (χ1v) is 11.4. The number of hydrogen-bond acceptors (Lipinski definition) is 4. The standard InChI is InChI=1S/C26H30N2O4/c1-18-23(25(29)32-17-20-10-6-3-7-11-20)24(28-26(30)27-18)21-12-14-22(15-13-21)31-16-19-8-4-2-5-9-19/h2,4-5,8-9,12-15,20,23-24H,3,6-7,10-11,16-17H2,1H3,(H,28,30). The summed E-state index contributed by atoms with van der Waals surface area (Å²) in [6, 6.07) is 16.5. The first-order chi connectivity index (χ1) is 15.6. The average Bonchev–Trinajstić information content (AvgIpc) is 2.82. The molecule has 0 saturated heterocycles. The molecule has 1 aliphatic carbocycles. The number of carbonyl (C=O) groups is 2. The molecule has 1 N–H and O–H groups in total. The highest BCUT2D eigenvalue weighted by Crippen LogP contribution is 2.30. The second-order valence-corrected chi connectivity index (χ2v) is 8.64. The minimum absolute atomic E-state index is 0.328. The molecule has 2 atom stereocenters. The quantitative estimate of drug-likeness (QED) is 0.605. The van der Waals surface area contributed by atoms with Crippen LogP contribution in [-0.4, -0.2) is 24.3 Å². The topological polar surface area (TPSA) is 77.0 Å². The van der Waals surface area contributed by atoms with Crippen molar-refractivity contribution in [2.45, 2.75) is 51.7 Å². The van der Waals surface area contributed by atoms with Gasteiger partial charge in [-0.15, -0.1) is 0 Å². The fourth-order valence-electron chi connectivity index (χ4n) is 4.46. The van der Waals surface area contributed by atoms with Gasteiger partial charge in [0, 0.05) is 5.71 Å². The zero-order valence-corrected chi connectivity index (χ0v) is 18.5. The Kier molecular flexibility index (Phi) is 7.20. The molecule has 1 saturated carbocycles. The van der Waals surface area contributed by atoms with E-state index in [-0.39, 0.29) is 5.97 Å². The molecule has 6 nitrogen and oxygen atoms in total. The van der Waals surface area contributed by atoms with Crippen LogP contribution < -0.4 is 10.1 Å². The largest absolute Gasteiger partial charge is 0.489 e. The van der Waals surface area contributed by atoms with Crippen molar-refractivity contribution in [3.63, 3.8) is 0 Å². The van der Waals surface area contributed by atoms with Crippen molar-refractivity contribution in [1.82, 2.24) is 5.32 Å². The van der Waals surface area contributed by atoms with Gasteiger partial charge in [0.1, 0.15) is 18.3 Å². The highest BCUT2D eigenvalue weighted by molar-refractivity contribution is 6.08. The minimum atomic E-state index is -0.632. The lowest BCUT2D eigenvalue weighted by Crippen LogP contribution is -2.44. The van der Waals surface area contributed by atoms with Crippen molar-refractivity contribution in [3.8, 4) is 5.75 Å². The molecular weight excluding hydrogens is 404 g/mol. The molecule has 1 fully saturated rings. The molecule has 0 bridgehead atoms. The number of esters is 1. The lowest BCUT2D eigenvalue weighted by Gasteiger charge is -2.30. The Hall–Kier alpha value is -3.15. The lowest BCUT2D eigenvalue weighted by atomic mass is 9.88. The molecule has 1 heterocycles. The zero-order chi connectivity index (χ0) is 22.3. The summed E-state index contributed by atoms with van der Waals surface area (Å²) in [6.07, 6.45) is 5.87. The molecule has 0 radical (unpaired) electrons. The van der Waals surface area contributed by atoms with Gasteiger partial charge in [-0.05, 0) is 48.9 Å². The molecule has 6 heteroatoms. The Balaban J connectivity index is 1.42. The van der Waals surface area contributed by atoms with Gasteiger partial charge < -0.3 is 14.8 Å². The number of nitrogens with one attached hydrogen (secondary N) is 1. The van der Waals surface area contributed by atoms with E-state index >= 15 is 0 Å². The maximum atomic E-state index is 13.0. The van der Waals surface area contributed by atoms with E-state index in [4.69, 9.17) is 9.47 Å². The van der Waals surface area contributed by atoms with Gasteiger partial charge in [0.05, 0.1) is 12.6 Å². The second-order valence-electron chi connectivity index (χ2n) is 8.64. The van der Waals surface area contributed by atoms with E-state index in [0.717, 1.165) is 29.7 Å². The summed E-state index contributed by atoms with van der Waals surface area (Å²) in [5, 5.41) is 2.84. The molecule has 2 unspecified atom stereocenters. The summed E-state index contributed by atoms with van der Waals surface area (Å²) in [5.74, 6) is 0.197. The van der Waals surface area contributed by atoms with Gasteiger partial charge in [-0.2, -0.15) is 0 Å². The third kappa shape index (κ3) is 5.55. The SMILES string of the molecule is CC1=NC(=O)NC(c2ccc(OCc3ccccc3)cc2)C1C(=O)OCC1CCCCC1. The normalized spacial score (nSPS) is 21.4. The molecule has 4 rings (SSSR count). The molecule has 168 valence electrons. The molecule has 2 aliphatic rings. The number of hydrogen-bond donors (Lipinski definition) is 1. The van der Waals surface area contributed by atoms with E-state index in [0.29, 0.717) is 24.8 Å². The number of aliphatic imine (C=N–C) groups is 1. The van der Waals surface area contributed by atoms with Crippen molar-refractivity contribution >= 4 is 17.7 Å². The average molecular weight is 435 g/mol. The Morgan fingerprint density at radius 3 is 2.47 bits per heavy atom. The van der Waals surface area contributed by atoms with Crippen LogP contribution in [0.1, 0.15) is 56.2 Å². The number of amides is 2. The molecule has 2 aromatic rings. The third-order valence-electron chi connectivity index (χ3n) is 6.27. The van der Waals surface area contributed by atoms with Crippen LogP contribution in [0, 0.1) is 11.8 Å². The predicted molar refractivity (Wildman–Crippen MR) is 123 cm³/mol. The van der Waals surface area contributed by atoms with Crippen molar-refractivity contribution in [2.24, 2.45) is 16.8 Å². The van der Waals surface area contributed by atoms with Crippen LogP contribution in [0.2, 0.25) is 0 Å². The number of carbonyl (C=O) groups excluding carboxylic acids is 2. The fourth-order valence-corrected chi connectivity index (χ4v) is 4.46. The van der Waals surface area contributed by atoms with E-state index in [1.165, 1.54) is 19.3 Å². The highest BCUT2D eigenvalue weighted by Gasteiger charge is 2.38. The van der Waals surface area contributed by atoms with Gasteiger partial charge in [-0.1, -0.05) is 61.7 Å². The van der Waals surface area contributed by atoms with Gasteiger partial charge in [-0.3, -0.25) is 4.79 Å². The van der Waals surface area contributed by atoms with Crippen LogP contribution >= 0.6 is 0 Å². The van der Waals surface area contributed by atoms with E-state index in [9.17, 15) is 9.59 Å². The Morgan fingerprint density at radius 1 is 1.03 bits per heavy atom. The first kappa shape index (κ1) is 22.1. The van der Waals surface area contributed by atoms with Crippen LogP contribution in [0.5, 0.6) is 5.75 Å². The number of nitrogens with zero attached hydrogens (tertiary/aromatic N) is 1. The molecular formula is C26H30N2O4. The number of urea groups is 1. The van der Waals surface area contributed by atoms with Gasteiger partial charge in [-0.25, -0.2) is 9.79 Å². The van der Waals surface area contributed by atoms with E-state index in [1.807, 2.05) is 54.6 Å². The zero-order valence-electron chi connectivity index (χ0n) is 18.5. The molecule has 0 aromatic heterocycles. The van der Waals surface area contributed by atoms with Crippen LogP contribution in [-0.2, 0) is 16.1 Å². The maximum absolute atomic E-state index is 13.0. The highest BCUT2D eigenvalue weighted by atomic mass is 16.5. The lowest BCUT2D eigenvalue weighted by molar-refractivity contribution is -0.148. The molecule has 1 aliphatic heterocycles. The molecule has 0 spiro atoms. The monoisotopic (exact) mass is 434 g/mol. The van der Waals surface area contributed by atoms with Crippen LogP contribution in [0.3, 0.4) is 0 Å². The number of rotatable bonds is 7. The predicted octanol–water partition coefficient (Wildman–Crippen LogP) is 5.23. The summed E-state index contributed by atoms with van der Waals surface area (Å²) in [7, 11) is 0. The number of benzene rings is 2. The first-order valence-electron chi connectivity index (χ1n) is 11.4. The van der Waals surface area contributed by atoms with Crippen LogP contribution in [0.15, 0.2) is 59.6 Å². The summed E-state index contributed by atoms with van der Waals surface area (Å²) in [5.41, 5.74) is 2.39. The Bertz CT molecular complexity index is 950. The number of ether oxygens (including phenoxy) is 2. The summed E-state index contributed by atoms with van der Waals surface area (Å²) >= 11 is 0. The second kappa shape index (κ2) is 10.4. The van der Waals surface area contributed by atoms with Gasteiger partial charge in [0.2, 0.25) is 0 Å². The summed E-state index contributed by atoms with van der Waals surface area (Å²) in [4.78, 5) is 29.0. The molecule has 32 heavy (non-hydrogen) atoms. The summed E-state index contributed by atoms with van der Waals surface area (Å²) < 4.78 is 11.5.